The Kier molecular flexibility index (Phi) is 3.86. The van der Waals surface area contributed by atoms with E-state index in [1.807, 2.05) is 12.1 Å². The summed E-state index contributed by atoms with van der Waals surface area (Å²) < 4.78 is 13.0. The van der Waals surface area contributed by atoms with Crippen molar-refractivity contribution < 1.29 is 4.39 Å². The average Bonchev–Trinajstić information content (AvgIpc) is 2.20. The van der Waals surface area contributed by atoms with Crippen molar-refractivity contribution in [1.82, 2.24) is 0 Å². The molecule has 2 heteroatoms. The summed E-state index contributed by atoms with van der Waals surface area (Å²) in [6.45, 7) is 6.80. The molecule has 1 aromatic rings. The van der Waals surface area contributed by atoms with Gasteiger partial charge in [-0.2, -0.15) is 0 Å². The molecule has 0 saturated carbocycles. The monoisotopic (exact) mass is 209 g/mol. The van der Waals surface area contributed by atoms with Gasteiger partial charge >= 0.3 is 0 Å². The topological polar surface area (TPSA) is 26.0 Å². The van der Waals surface area contributed by atoms with E-state index in [1.165, 1.54) is 5.56 Å². The SMILES string of the molecule is Cc1cc(CCC(C)(C)CN)ccc1F. The number of aryl methyl sites for hydroxylation is 2. The van der Waals surface area contributed by atoms with Crippen molar-refractivity contribution in [3.8, 4) is 0 Å². The highest BCUT2D eigenvalue weighted by atomic mass is 19.1. The lowest BCUT2D eigenvalue weighted by Crippen LogP contribution is -2.24. The van der Waals surface area contributed by atoms with E-state index in [0.717, 1.165) is 18.4 Å². The Balaban J connectivity index is 2.62. The lowest BCUT2D eigenvalue weighted by atomic mass is 9.86. The van der Waals surface area contributed by atoms with Crippen LogP contribution in [0.25, 0.3) is 0 Å². The Morgan fingerprint density at radius 3 is 2.53 bits per heavy atom. The van der Waals surface area contributed by atoms with Crippen molar-refractivity contribution in [3.63, 3.8) is 0 Å². The quantitative estimate of drug-likeness (QED) is 0.810. The van der Waals surface area contributed by atoms with Crippen LogP contribution in [0.1, 0.15) is 31.4 Å². The molecule has 0 radical (unpaired) electrons. The molecule has 0 unspecified atom stereocenters. The fourth-order valence-electron chi connectivity index (χ4n) is 1.45. The Bertz CT molecular complexity index is 331. The zero-order chi connectivity index (χ0) is 11.5. The molecular weight excluding hydrogens is 189 g/mol. The summed E-state index contributed by atoms with van der Waals surface area (Å²) in [5, 5.41) is 0. The maximum absolute atomic E-state index is 13.0. The lowest BCUT2D eigenvalue weighted by molar-refractivity contribution is 0.348. The second kappa shape index (κ2) is 4.75. The normalized spacial score (nSPS) is 11.8. The minimum absolute atomic E-state index is 0.128. The summed E-state index contributed by atoms with van der Waals surface area (Å²) in [5.41, 5.74) is 7.74. The van der Waals surface area contributed by atoms with Crippen LogP contribution in [0.5, 0.6) is 0 Å². The molecule has 84 valence electrons. The molecule has 0 aliphatic carbocycles. The third kappa shape index (κ3) is 3.63. The number of benzene rings is 1. The number of hydrogen-bond donors (Lipinski definition) is 1. The van der Waals surface area contributed by atoms with E-state index in [9.17, 15) is 4.39 Å². The second-order valence-electron chi connectivity index (χ2n) is 4.95. The molecule has 0 spiro atoms. The number of nitrogens with two attached hydrogens (primary N) is 1. The minimum atomic E-state index is -0.128. The van der Waals surface area contributed by atoms with E-state index in [4.69, 9.17) is 5.73 Å². The number of halogens is 1. The standard InChI is InChI=1S/C13H20FN/c1-10-8-11(4-5-12(10)14)6-7-13(2,3)9-15/h4-5,8H,6-7,9,15H2,1-3H3. The molecule has 1 nitrogen and oxygen atoms in total. The van der Waals surface area contributed by atoms with Gasteiger partial charge in [0, 0.05) is 0 Å². The van der Waals surface area contributed by atoms with Crippen LogP contribution in [0.15, 0.2) is 18.2 Å². The van der Waals surface area contributed by atoms with Crippen LogP contribution in [0, 0.1) is 18.2 Å². The molecule has 2 N–H and O–H groups in total. The first-order valence-electron chi connectivity index (χ1n) is 5.40. The number of hydrogen-bond acceptors (Lipinski definition) is 1. The van der Waals surface area contributed by atoms with Gasteiger partial charge in [-0.15, -0.1) is 0 Å². The van der Waals surface area contributed by atoms with Crippen LogP contribution in [-0.4, -0.2) is 6.54 Å². The Labute approximate surface area is 91.5 Å². The maximum Gasteiger partial charge on any atom is 0.126 e. The summed E-state index contributed by atoms with van der Waals surface area (Å²) >= 11 is 0. The van der Waals surface area contributed by atoms with Crippen molar-refractivity contribution in [1.29, 1.82) is 0 Å². The fraction of sp³-hybridized carbons (Fsp3) is 0.538. The van der Waals surface area contributed by atoms with E-state index < -0.39 is 0 Å². The zero-order valence-corrected chi connectivity index (χ0v) is 9.81. The van der Waals surface area contributed by atoms with Gasteiger partial charge in [0.05, 0.1) is 0 Å². The van der Waals surface area contributed by atoms with E-state index in [0.29, 0.717) is 6.54 Å². The van der Waals surface area contributed by atoms with Crippen LogP contribution in [0.3, 0.4) is 0 Å². The first-order chi connectivity index (χ1) is 6.94. The van der Waals surface area contributed by atoms with Crippen LogP contribution in [0.4, 0.5) is 4.39 Å². The van der Waals surface area contributed by atoms with Gasteiger partial charge in [0.2, 0.25) is 0 Å². The third-order valence-electron chi connectivity index (χ3n) is 2.87. The zero-order valence-electron chi connectivity index (χ0n) is 9.81. The predicted molar refractivity (Wildman–Crippen MR) is 62.3 cm³/mol. The lowest BCUT2D eigenvalue weighted by Gasteiger charge is -2.22. The fourth-order valence-corrected chi connectivity index (χ4v) is 1.45. The maximum atomic E-state index is 13.0. The van der Waals surface area contributed by atoms with Gasteiger partial charge in [0.25, 0.3) is 0 Å². The summed E-state index contributed by atoms with van der Waals surface area (Å²) in [7, 11) is 0. The Hall–Kier alpha value is -0.890. The average molecular weight is 209 g/mol. The highest BCUT2D eigenvalue weighted by Crippen LogP contribution is 2.21. The molecule has 0 atom stereocenters. The highest BCUT2D eigenvalue weighted by Gasteiger charge is 2.15. The minimum Gasteiger partial charge on any atom is -0.330 e. The van der Waals surface area contributed by atoms with Gasteiger partial charge in [0.1, 0.15) is 5.82 Å². The molecule has 1 rings (SSSR count). The van der Waals surface area contributed by atoms with Gasteiger partial charge in [-0.1, -0.05) is 26.0 Å². The van der Waals surface area contributed by atoms with E-state index in [2.05, 4.69) is 13.8 Å². The summed E-state index contributed by atoms with van der Waals surface area (Å²) in [5.74, 6) is -0.128. The Morgan fingerprint density at radius 1 is 1.33 bits per heavy atom. The van der Waals surface area contributed by atoms with E-state index in [-0.39, 0.29) is 11.2 Å². The van der Waals surface area contributed by atoms with Gasteiger partial charge in [0.15, 0.2) is 0 Å². The third-order valence-corrected chi connectivity index (χ3v) is 2.87. The largest absolute Gasteiger partial charge is 0.330 e. The molecule has 0 aliphatic heterocycles. The molecule has 0 saturated heterocycles. The van der Waals surface area contributed by atoms with Gasteiger partial charge in [-0.25, -0.2) is 4.39 Å². The van der Waals surface area contributed by atoms with Crippen molar-refractivity contribution in [3.05, 3.63) is 35.1 Å². The molecule has 1 aromatic carbocycles. The Morgan fingerprint density at radius 2 is 2.00 bits per heavy atom. The summed E-state index contributed by atoms with van der Waals surface area (Å²) in [6, 6.07) is 5.32. The highest BCUT2D eigenvalue weighted by molar-refractivity contribution is 5.24. The number of rotatable bonds is 4. The van der Waals surface area contributed by atoms with Crippen LogP contribution < -0.4 is 5.73 Å². The first-order valence-corrected chi connectivity index (χ1v) is 5.40. The van der Waals surface area contributed by atoms with Gasteiger partial charge in [-0.05, 0) is 48.9 Å². The molecule has 0 aliphatic rings. The molecule has 0 fully saturated rings. The summed E-state index contributed by atoms with van der Waals surface area (Å²) in [4.78, 5) is 0. The van der Waals surface area contributed by atoms with Crippen LogP contribution >= 0.6 is 0 Å². The molecule has 0 amide bonds. The van der Waals surface area contributed by atoms with Crippen LogP contribution in [0.2, 0.25) is 0 Å². The molecule has 0 heterocycles. The molecular formula is C13H20FN. The second-order valence-corrected chi connectivity index (χ2v) is 4.95. The summed E-state index contributed by atoms with van der Waals surface area (Å²) in [6.07, 6.45) is 2.00. The van der Waals surface area contributed by atoms with Crippen molar-refractivity contribution in [2.75, 3.05) is 6.54 Å². The predicted octanol–water partition coefficient (Wildman–Crippen LogP) is 3.05. The smallest absolute Gasteiger partial charge is 0.126 e. The molecule has 0 bridgehead atoms. The van der Waals surface area contributed by atoms with Crippen molar-refractivity contribution in [2.24, 2.45) is 11.1 Å². The van der Waals surface area contributed by atoms with Gasteiger partial charge < -0.3 is 5.73 Å². The van der Waals surface area contributed by atoms with Gasteiger partial charge in [-0.3, -0.25) is 0 Å². The van der Waals surface area contributed by atoms with E-state index in [1.54, 1.807) is 13.0 Å². The van der Waals surface area contributed by atoms with E-state index >= 15 is 0 Å². The first kappa shape index (κ1) is 12.2. The van der Waals surface area contributed by atoms with Crippen molar-refractivity contribution >= 4 is 0 Å². The molecule has 15 heavy (non-hydrogen) atoms. The van der Waals surface area contributed by atoms with Crippen LogP contribution in [-0.2, 0) is 6.42 Å². The molecule has 0 aromatic heterocycles. The van der Waals surface area contributed by atoms with Crippen molar-refractivity contribution in [2.45, 2.75) is 33.6 Å².